The Morgan fingerprint density at radius 3 is 2.60 bits per heavy atom. The van der Waals surface area contributed by atoms with E-state index in [4.69, 9.17) is 0 Å². The van der Waals surface area contributed by atoms with Crippen LogP contribution in [0, 0.1) is 0 Å². The summed E-state index contributed by atoms with van der Waals surface area (Å²) in [6.07, 6.45) is 1.95. The van der Waals surface area contributed by atoms with Gasteiger partial charge in [-0.1, -0.05) is 6.07 Å². The SMILES string of the molecule is Cn1c(=O)n(C2CCC(=O)NC2O)c2ccc(C3CCNCC3)cc21. The Morgan fingerprint density at radius 1 is 1.12 bits per heavy atom. The Balaban J connectivity index is 1.77. The summed E-state index contributed by atoms with van der Waals surface area (Å²) in [6, 6.07) is 5.76. The Kier molecular flexibility index (Phi) is 4.13. The minimum atomic E-state index is -1.03. The van der Waals surface area contributed by atoms with Gasteiger partial charge < -0.3 is 15.7 Å². The summed E-state index contributed by atoms with van der Waals surface area (Å²) in [6.45, 7) is 2.05. The van der Waals surface area contributed by atoms with Crippen molar-refractivity contribution in [1.29, 1.82) is 0 Å². The highest BCUT2D eigenvalue weighted by Gasteiger charge is 2.31. The third kappa shape index (κ3) is 2.77. The van der Waals surface area contributed by atoms with Crippen LogP contribution in [0.4, 0.5) is 0 Å². The van der Waals surface area contributed by atoms with Crippen LogP contribution in [-0.4, -0.2) is 39.5 Å². The monoisotopic (exact) mass is 344 g/mol. The van der Waals surface area contributed by atoms with Crippen molar-refractivity contribution in [3.8, 4) is 0 Å². The van der Waals surface area contributed by atoms with Crippen molar-refractivity contribution in [2.75, 3.05) is 13.1 Å². The van der Waals surface area contributed by atoms with E-state index < -0.39 is 12.3 Å². The molecule has 0 aliphatic carbocycles. The van der Waals surface area contributed by atoms with Crippen LogP contribution in [0.1, 0.15) is 43.2 Å². The predicted molar refractivity (Wildman–Crippen MR) is 94.4 cm³/mol. The first-order valence-electron chi connectivity index (χ1n) is 8.95. The first kappa shape index (κ1) is 16.4. The number of benzene rings is 1. The maximum absolute atomic E-state index is 12.8. The first-order chi connectivity index (χ1) is 12.1. The summed E-state index contributed by atoms with van der Waals surface area (Å²) < 4.78 is 3.27. The summed E-state index contributed by atoms with van der Waals surface area (Å²) in [5.41, 5.74) is 2.80. The fourth-order valence-electron chi connectivity index (χ4n) is 4.15. The lowest BCUT2D eigenvalue weighted by Crippen LogP contribution is -2.47. The van der Waals surface area contributed by atoms with E-state index in [-0.39, 0.29) is 11.6 Å². The highest BCUT2D eigenvalue weighted by atomic mass is 16.3. The molecule has 0 bridgehead atoms. The number of rotatable bonds is 2. The molecule has 1 amide bonds. The molecule has 0 radical (unpaired) electrons. The fraction of sp³-hybridized carbons (Fsp3) is 0.556. The van der Waals surface area contributed by atoms with Gasteiger partial charge >= 0.3 is 5.69 Å². The number of aliphatic hydroxyl groups is 1. The van der Waals surface area contributed by atoms with Crippen molar-refractivity contribution in [2.24, 2.45) is 7.05 Å². The van der Waals surface area contributed by atoms with Crippen LogP contribution in [0.3, 0.4) is 0 Å². The molecule has 2 atom stereocenters. The number of nitrogens with one attached hydrogen (secondary N) is 2. The van der Waals surface area contributed by atoms with E-state index >= 15 is 0 Å². The average Bonchev–Trinajstić information content (AvgIpc) is 2.87. The molecule has 0 saturated carbocycles. The topological polar surface area (TPSA) is 88.3 Å². The van der Waals surface area contributed by atoms with Gasteiger partial charge in [0.2, 0.25) is 5.91 Å². The van der Waals surface area contributed by atoms with Crippen LogP contribution in [0.5, 0.6) is 0 Å². The van der Waals surface area contributed by atoms with Gasteiger partial charge in [0.1, 0.15) is 6.23 Å². The number of imidazole rings is 1. The smallest absolute Gasteiger partial charge is 0.329 e. The minimum Gasteiger partial charge on any atom is -0.372 e. The highest BCUT2D eigenvalue weighted by molar-refractivity contribution is 5.79. The third-order valence-corrected chi connectivity index (χ3v) is 5.60. The maximum atomic E-state index is 12.8. The fourth-order valence-corrected chi connectivity index (χ4v) is 4.15. The second kappa shape index (κ2) is 6.31. The molecule has 4 rings (SSSR count). The number of carbonyl (C=O) groups excluding carboxylic acids is 1. The molecule has 0 spiro atoms. The van der Waals surface area contributed by atoms with Gasteiger partial charge in [-0.2, -0.15) is 0 Å². The molecule has 2 unspecified atom stereocenters. The van der Waals surface area contributed by atoms with Crippen molar-refractivity contribution in [3.05, 3.63) is 34.2 Å². The normalized spacial score (nSPS) is 25.3. The first-order valence-corrected chi connectivity index (χ1v) is 8.95. The zero-order chi connectivity index (χ0) is 17.6. The lowest BCUT2D eigenvalue weighted by molar-refractivity contribution is -0.128. The van der Waals surface area contributed by atoms with Crippen LogP contribution < -0.4 is 16.3 Å². The highest BCUT2D eigenvalue weighted by Crippen LogP contribution is 2.30. The Labute approximate surface area is 145 Å². The molecule has 2 aliphatic rings. The molecule has 3 heterocycles. The van der Waals surface area contributed by atoms with E-state index in [1.807, 2.05) is 6.07 Å². The number of aromatic nitrogens is 2. The van der Waals surface area contributed by atoms with Crippen LogP contribution in [0.2, 0.25) is 0 Å². The Bertz CT molecular complexity index is 863. The second-order valence-electron chi connectivity index (χ2n) is 7.10. The number of aryl methyl sites for hydroxylation is 1. The van der Waals surface area contributed by atoms with Crippen LogP contribution in [-0.2, 0) is 11.8 Å². The van der Waals surface area contributed by atoms with E-state index in [9.17, 15) is 14.7 Å². The summed E-state index contributed by atoms with van der Waals surface area (Å²) >= 11 is 0. The Morgan fingerprint density at radius 2 is 1.88 bits per heavy atom. The van der Waals surface area contributed by atoms with Crippen LogP contribution >= 0.6 is 0 Å². The van der Waals surface area contributed by atoms with Gasteiger partial charge in [0.15, 0.2) is 0 Å². The van der Waals surface area contributed by atoms with Crippen molar-refractivity contribution in [2.45, 2.75) is 43.9 Å². The Hall–Kier alpha value is -2.12. The van der Waals surface area contributed by atoms with E-state index in [2.05, 4.69) is 22.8 Å². The van der Waals surface area contributed by atoms with Crippen molar-refractivity contribution in [1.82, 2.24) is 19.8 Å². The molecule has 1 aromatic heterocycles. The molecule has 134 valence electrons. The lowest BCUT2D eigenvalue weighted by atomic mass is 9.90. The summed E-state index contributed by atoms with van der Waals surface area (Å²) in [5, 5.41) is 16.1. The minimum absolute atomic E-state index is 0.155. The average molecular weight is 344 g/mol. The van der Waals surface area contributed by atoms with E-state index in [0.717, 1.165) is 37.0 Å². The molecule has 1 aromatic carbocycles. The van der Waals surface area contributed by atoms with Gasteiger partial charge in [0.05, 0.1) is 17.1 Å². The summed E-state index contributed by atoms with van der Waals surface area (Å²) in [7, 11) is 1.77. The number of hydrogen-bond acceptors (Lipinski definition) is 4. The molecule has 7 nitrogen and oxygen atoms in total. The number of piperidine rings is 2. The largest absolute Gasteiger partial charge is 0.372 e. The summed E-state index contributed by atoms with van der Waals surface area (Å²) in [5.74, 6) is 0.342. The van der Waals surface area contributed by atoms with E-state index in [0.29, 0.717) is 18.8 Å². The molecule has 2 fully saturated rings. The molecular weight excluding hydrogens is 320 g/mol. The molecular formula is C18H24N4O3. The number of fused-ring (bicyclic) bond motifs is 1. The molecule has 2 aliphatic heterocycles. The number of nitrogens with zero attached hydrogens (tertiary/aromatic N) is 2. The zero-order valence-electron chi connectivity index (χ0n) is 14.4. The second-order valence-corrected chi connectivity index (χ2v) is 7.10. The summed E-state index contributed by atoms with van der Waals surface area (Å²) in [4.78, 5) is 24.2. The zero-order valence-corrected chi connectivity index (χ0v) is 14.4. The molecule has 3 N–H and O–H groups in total. The van der Waals surface area contributed by atoms with Crippen molar-refractivity contribution < 1.29 is 9.90 Å². The van der Waals surface area contributed by atoms with Gasteiger partial charge in [-0.3, -0.25) is 13.9 Å². The number of aliphatic hydroxyl groups excluding tert-OH is 1. The van der Waals surface area contributed by atoms with Crippen molar-refractivity contribution in [3.63, 3.8) is 0 Å². The third-order valence-electron chi connectivity index (χ3n) is 5.60. The molecule has 2 aromatic rings. The van der Waals surface area contributed by atoms with Gasteiger partial charge in [-0.05, 0) is 56.0 Å². The van der Waals surface area contributed by atoms with Gasteiger partial charge in [-0.15, -0.1) is 0 Å². The van der Waals surface area contributed by atoms with Crippen LogP contribution in [0.15, 0.2) is 23.0 Å². The van der Waals surface area contributed by atoms with Crippen molar-refractivity contribution >= 4 is 16.9 Å². The number of carbonyl (C=O) groups is 1. The number of hydrogen-bond donors (Lipinski definition) is 3. The van der Waals surface area contributed by atoms with Crippen LogP contribution in [0.25, 0.3) is 11.0 Å². The van der Waals surface area contributed by atoms with Gasteiger partial charge in [-0.25, -0.2) is 4.79 Å². The van der Waals surface area contributed by atoms with E-state index in [1.54, 1.807) is 16.2 Å². The predicted octanol–water partition coefficient (Wildman–Crippen LogP) is 0.577. The lowest BCUT2D eigenvalue weighted by Gasteiger charge is -2.29. The molecule has 2 saturated heterocycles. The van der Waals surface area contributed by atoms with Gasteiger partial charge in [0.25, 0.3) is 0 Å². The van der Waals surface area contributed by atoms with Gasteiger partial charge in [0, 0.05) is 13.5 Å². The molecule has 25 heavy (non-hydrogen) atoms. The van der Waals surface area contributed by atoms with E-state index in [1.165, 1.54) is 5.56 Å². The number of amides is 1. The standard InChI is InChI=1S/C18H24N4O3/c1-21-15-10-12(11-6-8-19-9-7-11)2-3-13(15)22(18(21)25)14-4-5-16(23)20-17(14)24/h2-3,10-11,14,17,19,24H,4-9H2,1H3,(H,20,23). The quantitative estimate of drug-likeness (QED) is 0.743. The molecule has 7 heteroatoms. The maximum Gasteiger partial charge on any atom is 0.329 e.